The molecule has 0 amide bonds. The Morgan fingerprint density at radius 3 is 2.70 bits per heavy atom. The monoisotopic (exact) mass is 310 g/mol. The number of Topliss-reactive ketones (excluding diaryl/α,β-unsaturated/α-hetero) is 1. The maximum atomic E-state index is 12.4. The van der Waals surface area contributed by atoms with Crippen molar-refractivity contribution in [1.82, 2.24) is 9.78 Å². The minimum atomic E-state index is -0.0465. The van der Waals surface area contributed by atoms with Gasteiger partial charge in [0.05, 0.1) is 22.2 Å². The molecule has 0 aliphatic rings. The zero-order valence-electron chi connectivity index (χ0n) is 11.5. The molecule has 0 fully saturated rings. The predicted molar refractivity (Wildman–Crippen MR) is 81.8 cm³/mol. The van der Waals surface area contributed by atoms with Crippen molar-refractivity contribution in [3.63, 3.8) is 0 Å². The van der Waals surface area contributed by atoms with Crippen LogP contribution in [-0.4, -0.2) is 15.6 Å². The lowest BCUT2D eigenvalue weighted by molar-refractivity contribution is 0.0990. The molecule has 2 rings (SSSR count). The fourth-order valence-electron chi connectivity index (χ4n) is 2.08. The van der Waals surface area contributed by atoms with E-state index in [-0.39, 0.29) is 12.2 Å². The van der Waals surface area contributed by atoms with Crippen LogP contribution in [0.25, 0.3) is 0 Å². The quantitative estimate of drug-likeness (QED) is 0.776. The average Bonchev–Trinajstić information content (AvgIpc) is 2.84. The second-order valence-electron chi connectivity index (χ2n) is 4.50. The molecule has 0 atom stereocenters. The van der Waals surface area contributed by atoms with Crippen LogP contribution < -0.4 is 0 Å². The summed E-state index contributed by atoms with van der Waals surface area (Å²) in [6.07, 6.45) is 1.13. The molecule has 0 saturated heterocycles. The van der Waals surface area contributed by atoms with Crippen molar-refractivity contribution in [2.24, 2.45) is 0 Å². The number of carbonyl (C=O) groups excluding carboxylic acids is 1. The highest BCUT2D eigenvalue weighted by atomic mass is 35.5. The van der Waals surface area contributed by atoms with Crippen molar-refractivity contribution in [3.05, 3.63) is 51.3 Å². The van der Waals surface area contributed by atoms with E-state index in [9.17, 15) is 4.79 Å². The van der Waals surface area contributed by atoms with Gasteiger partial charge in [-0.1, -0.05) is 36.2 Å². The zero-order valence-corrected chi connectivity index (χ0v) is 13.0. The first kappa shape index (κ1) is 15.1. The summed E-state index contributed by atoms with van der Waals surface area (Å²) >= 11 is 12.0. The Bertz CT molecular complexity index is 635. The number of nitrogens with zero attached hydrogens (tertiary/aromatic N) is 2. The summed E-state index contributed by atoms with van der Waals surface area (Å²) in [5.41, 5.74) is 2.36. The molecule has 0 bridgehead atoms. The van der Waals surface area contributed by atoms with Crippen LogP contribution in [0.5, 0.6) is 0 Å². The predicted octanol–water partition coefficient (Wildman–Crippen LogP) is 4.20. The van der Waals surface area contributed by atoms with Gasteiger partial charge in [0.15, 0.2) is 5.78 Å². The fraction of sp³-hybridized carbons (Fsp3) is 0.333. The normalized spacial score (nSPS) is 10.8. The molecular formula is C15H16Cl2N2O. The number of halogens is 2. The standard InChI is InChI=1S/C15H16Cl2N2O/c1-3-10-8-11(19(4-2)18-10)9-14(20)12-6-5-7-13(16)15(12)17/h5-8H,3-4,9H2,1-2H3. The molecule has 3 nitrogen and oxygen atoms in total. The van der Waals surface area contributed by atoms with Gasteiger partial charge in [-0.3, -0.25) is 9.48 Å². The molecule has 1 aromatic heterocycles. The Morgan fingerprint density at radius 2 is 2.05 bits per heavy atom. The highest BCUT2D eigenvalue weighted by Gasteiger charge is 2.16. The summed E-state index contributed by atoms with van der Waals surface area (Å²) < 4.78 is 1.86. The highest BCUT2D eigenvalue weighted by molar-refractivity contribution is 6.43. The van der Waals surface area contributed by atoms with Crippen LogP contribution >= 0.6 is 23.2 Å². The third kappa shape index (κ3) is 3.05. The topological polar surface area (TPSA) is 34.9 Å². The van der Waals surface area contributed by atoms with E-state index < -0.39 is 0 Å². The summed E-state index contributed by atoms with van der Waals surface area (Å²) in [6, 6.07) is 7.08. The largest absolute Gasteiger partial charge is 0.294 e. The molecule has 0 saturated carbocycles. The van der Waals surface area contributed by atoms with Crippen LogP contribution in [0.15, 0.2) is 24.3 Å². The molecule has 0 aliphatic heterocycles. The van der Waals surface area contributed by atoms with Gasteiger partial charge >= 0.3 is 0 Å². The van der Waals surface area contributed by atoms with E-state index in [2.05, 4.69) is 5.10 Å². The first-order valence-electron chi connectivity index (χ1n) is 6.59. The molecule has 0 unspecified atom stereocenters. The summed E-state index contributed by atoms with van der Waals surface area (Å²) in [4.78, 5) is 12.4. The van der Waals surface area contributed by atoms with Crippen molar-refractivity contribution in [2.45, 2.75) is 33.2 Å². The van der Waals surface area contributed by atoms with E-state index in [1.807, 2.05) is 24.6 Å². The lowest BCUT2D eigenvalue weighted by Crippen LogP contribution is -2.10. The molecule has 0 radical (unpaired) electrons. The summed E-state index contributed by atoms with van der Waals surface area (Å²) in [7, 11) is 0. The zero-order chi connectivity index (χ0) is 14.7. The van der Waals surface area contributed by atoms with Crippen LogP contribution in [0, 0.1) is 0 Å². The van der Waals surface area contributed by atoms with E-state index in [0.29, 0.717) is 15.6 Å². The maximum Gasteiger partial charge on any atom is 0.170 e. The molecular weight excluding hydrogens is 295 g/mol. The molecule has 0 aliphatic carbocycles. The third-order valence-corrected chi connectivity index (χ3v) is 3.99. The molecule has 1 heterocycles. The number of rotatable bonds is 5. The number of benzene rings is 1. The first-order valence-corrected chi connectivity index (χ1v) is 7.35. The minimum Gasteiger partial charge on any atom is -0.294 e. The van der Waals surface area contributed by atoms with Crippen molar-refractivity contribution >= 4 is 29.0 Å². The van der Waals surface area contributed by atoms with Gasteiger partial charge in [-0.2, -0.15) is 5.10 Å². The number of hydrogen-bond acceptors (Lipinski definition) is 2. The number of aromatic nitrogens is 2. The van der Waals surface area contributed by atoms with E-state index in [1.165, 1.54) is 0 Å². The van der Waals surface area contributed by atoms with Gasteiger partial charge in [0.1, 0.15) is 0 Å². The molecule has 106 valence electrons. The van der Waals surface area contributed by atoms with Crippen LogP contribution in [0.4, 0.5) is 0 Å². The SMILES string of the molecule is CCc1cc(CC(=O)c2cccc(Cl)c2Cl)n(CC)n1. The van der Waals surface area contributed by atoms with Crippen LogP contribution in [0.1, 0.15) is 35.6 Å². The second kappa shape index (κ2) is 6.42. The smallest absolute Gasteiger partial charge is 0.170 e. The second-order valence-corrected chi connectivity index (χ2v) is 5.28. The number of hydrogen-bond donors (Lipinski definition) is 0. The van der Waals surface area contributed by atoms with Gasteiger partial charge in [-0.25, -0.2) is 0 Å². The van der Waals surface area contributed by atoms with Gasteiger partial charge in [0, 0.05) is 17.8 Å². The number of carbonyl (C=O) groups is 1. The van der Waals surface area contributed by atoms with Crippen molar-refractivity contribution in [3.8, 4) is 0 Å². The van der Waals surface area contributed by atoms with E-state index in [1.54, 1.807) is 18.2 Å². The number of ketones is 1. The first-order chi connectivity index (χ1) is 9.56. The summed E-state index contributed by atoms with van der Waals surface area (Å²) in [6.45, 7) is 4.79. The Labute approximate surface area is 128 Å². The Kier molecular flexibility index (Phi) is 4.84. The Balaban J connectivity index is 2.27. The molecule has 0 N–H and O–H groups in total. The molecule has 20 heavy (non-hydrogen) atoms. The summed E-state index contributed by atoms with van der Waals surface area (Å²) in [5, 5.41) is 5.16. The van der Waals surface area contributed by atoms with Gasteiger partial charge in [-0.05, 0) is 31.5 Å². The Morgan fingerprint density at radius 1 is 1.30 bits per heavy atom. The maximum absolute atomic E-state index is 12.4. The molecule has 5 heteroatoms. The van der Waals surface area contributed by atoms with Crippen molar-refractivity contribution in [1.29, 1.82) is 0 Å². The van der Waals surface area contributed by atoms with E-state index in [0.717, 1.165) is 24.4 Å². The lowest BCUT2D eigenvalue weighted by Gasteiger charge is -2.06. The highest BCUT2D eigenvalue weighted by Crippen LogP contribution is 2.26. The van der Waals surface area contributed by atoms with Crippen LogP contribution in [0.3, 0.4) is 0 Å². The van der Waals surface area contributed by atoms with Crippen molar-refractivity contribution < 1.29 is 4.79 Å². The lowest BCUT2D eigenvalue weighted by atomic mass is 10.1. The third-order valence-electron chi connectivity index (χ3n) is 3.17. The molecule has 1 aromatic carbocycles. The van der Waals surface area contributed by atoms with Gasteiger partial charge in [0.2, 0.25) is 0 Å². The van der Waals surface area contributed by atoms with Crippen LogP contribution in [0.2, 0.25) is 10.0 Å². The van der Waals surface area contributed by atoms with Crippen LogP contribution in [-0.2, 0) is 19.4 Å². The van der Waals surface area contributed by atoms with Gasteiger partial charge in [0.25, 0.3) is 0 Å². The molecule has 0 spiro atoms. The fourth-order valence-corrected chi connectivity index (χ4v) is 2.49. The average molecular weight is 311 g/mol. The number of aryl methyl sites for hydroxylation is 2. The summed E-state index contributed by atoms with van der Waals surface area (Å²) in [5.74, 6) is -0.0465. The van der Waals surface area contributed by atoms with E-state index in [4.69, 9.17) is 23.2 Å². The minimum absolute atomic E-state index is 0.0465. The van der Waals surface area contributed by atoms with Crippen molar-refractivity contribution in [2.75, 3.05) is 0 Å². The molecule has 2 aromatic rings. The van der Waals surface area contributed by atoms with Gasteiger partial charge < -0.3 is 0 Å². The van der Waals surface area contributed by atoms with E-state index >= 15 is 0 Å². The Hall–Kier alpha value is -1.32. The van der Waals surface area contributed by atoms with Gasteiger partial charge in [-0.15, -0.1) is 0 Å².